The molecule has 5 nitrogen and oxygen atoms in total. The van der Waals surface area contributed by atoms with E-state index in [0.29, 0.717) is 19.2 Å². The van der Waals surface area contributed by atoms with Crippen LogP contribution in [0.5, 0.6) is 0 Å². The molecule has 2 rings (SSSR count). The molecule has 1 N–H and O–H groups in total. The number of hydrogen-bond acceptors (Lipinski definition) is 5. The first-order valence-electron chi connectivity index (χ1n) is 5.98. The Kier molecular flexibility index (Phi) is 4.72. The van der Waals surface area contributed by atoms with Crippen molar-refractivity contribution in [3.63, 3.8) is 0 Å². The molecule has 0 aliphatic rings. The molecule has 2 aromatic rings. The first kappa shape index (κ1) is 12.6. The minimum atomic E-state index is 0.454. The van der Waals surface area contributed by atoms with Crippen molar-refractivity contribution in [2.45, 2.75) is 12.8 Å². The van der Waals surface area contributed by atoms with Crippen molar-refractivity contribution >= 4 is 6.01 Å². The molecular formula is C13H17N3O2. The molecule has 0 aliphatic heterocycles. The molecule has 5 heteroatoms. The first-order valence-corrected chi connectivity index (χ1v) is 5.98. The van der Waals surface area contributed by atoms with Gasteiger partial charge in [-0.15, -0.1) is 0 Å². The second-order valence-electron chi connectivity index (χ2n) is 3.92. The Morgan fingerprint density at radius 2 is 2.06 bits per heavy atom. The lowest BCUT2D eigenvalue weighted by molar-refractivity contribution is 0.210. The number of methoxy groups -OCH3 is 1. The van der Waals surface area contributed by atoms with Crippen LogP contribution in [0, 0.1) is 0 Å². The zero-order chi connectivity index (χ0) is 12.6. The molecule has 0 bridgehead atoms. The number of anilines is 1. The smallest absolute Gasteiger partial charge is 0.321 e. The largest absolute Gasteiger partial charge is 0.383 e. The Hall–Kier alpha value is -1.88. The second kappa shape index (κ2) is 6.76. The summed E-state index contributed by atoms with van der Waals surface area (Å²) < 4.78 is 10.00. The van der Waals surface area contributed by atoms with Crippen LogP contribution in [0.25, 0.3) is 0 Å². The summed E-state index contributed by atoms with van der Waals surface area (Å²) in [5.41, 5.74) is 1.27. The van der Waals surface area contributed by atoms with Gasteiger partial charge < -0.3 is 14.6 Å². The first-order chi connectivity index (χ1) is 8.88. The molecule has 18 heavy (non-hydrogen) atoms. The van der Waals surface area contributed by atoms with E-state index >= 15 is 0 Å². The average molecular weight is 247 g/mol. The Morgan fingerprint density at radius 3 is 2.83 bits per heavy atom. The Bertz CT molecular complexity index is 456. The summed E-state index contributed by atoms with van der Waals surface area (Å²) in [6.45, 7) is 1.28. The fourth-order valence-electron chi connectivity index (χ4n) is 1.59. The molecule has 0 unspecified atom stereocenters. The van der Waals surface area contributed by atoms with E-state index in [-0.39, 0.29) is 0 Å². The lowest BCUT2D eigenvalue weighted by Crippen LogP contribution is -2.07. The van der Waals surface area contributed by atoms with Gasteiger partial charge in [-0.2, -0.15) is 4.98 Å². The van der Waals surface area contributed by atoms with E-state index in [2.05, 4.69) is 27.6 Å². The molecular weight excluding hydrogens is 230 g/mol. The SMILES string of the molecule is COCCNc1nc(CCc2ccccc2)no1. The fraction of sp³-hybridized carbons (Fsp3) is 0.385. The molecule has 1 aromatic heterocycles. The Labute approximate surface area is 106 Å². The molecule has 0 spiro atoms. The summed E-state index contributed by atoms with van der Waals surface area (Å²) in [7, 11) is 1.65. The van der Waals surface area contributed by atoms with Crippen LogP contribution < -0.4 is 5.32 Å². The molecule has 0 atom stereocenters. The third kappa shape index (κ3) is 3.85. The van der Waals surface area contributed by atoms with Crippen molar-refractivity contribution in [2.24, 2.45) is 0 Å². The third-order valence-corrected chi connectivity index (χ3v) is 2.53. The van der Waals surface area contributed by atoms with Crippen LogP contribution >= 0.6 is 0 Å². The average Bonchev–Trinajstić information content (AvgIpc) is 2.86. The second-order valence-corrected chi connectivity index (χ2v) is 3.92. The van der Waals surface area contributed by atoms with Crippen molar-refractivity contribution in [1.29, 1.82) is 0 Å². The Balaban J connectivity index is 1.80. The monoisotopic (exact) mass is 247 g/mol. The summed E-state index contributed by atoms with van der Waals surface area (Å²) in [5, 5.41) is 6.92. The van der Waals surface area contributed by atoms with Crippen LogP contribution in [0.4, 0.5) is 6.01 Å². The van der Waals surface area contributed by atoms with Crippen molar-refractivity contribution in [2.75, 3.05) is 25.6 Å². The van der Waals surface area contributed by atoms with Gasteiger partial charge in [-0.1, -0.05) is 35.5 Å². The van der Waals surface area contributed by atoms with E-state index in [1.54, 1.807) is 7.11 Å². The number of nitrogens with one attached hydrogen (secondary N) is 1. The minimum absolute atomic E-state index is 0.454. The predicted octanol–water partition coefficient (Wildman–Crippen LogP) is 1.91. The van der Waals surface area contributed by atoms with Gasteiger partial charge in [-0.05, 0) is 12.0 Å². The molecule has 0 aliphatic carbocycles. The molecule has 0 saturated heterocycles. The highest BCUT2D eigenvalue weighted by atomic mass is 16.5. The molecule has 0 radical (unpaired) electrons. The van der Waals surface area contributed by atoms with Gasteiger partial charge in [0, 0.05) is 20.1 Å². The van der Waals surface area contributed by atoms with E-state index in [0.717, 1.165) is 18.7 Å². The summed E-state index contributed by atoms with van der Waals surface area (Å²) >= 11 is 0. The molecule has 96 valence electrons. The van der Waals surface area contributed by atoms with Crippen molar-refractivity contribution in [1.82, 2.24) is 10.1 Å². The summed E-state index contributed by atoms with van der Waals surface area (Å²) in [6, 6.07) is 10.7. The number of aryl methyl sites for hydroxylation is 2. The molecule has 0 amide bonds. The number of aromatic nitrogens is 2. The quantitative estimate of drug-likeness (QED) is 0.757. The third-order valence-electron chi connectivity index (χ3n) is 2.53. The molecule has 0 saturated carbocycles. The van der Waals surface area contributed by atoms with Gasteiger partial charge in [0.15, 0.2) is 5.82 Å². The highest BCUT2D eigenvalue weighted by Gasteiger charge is 2.05. The van der Waals surface area contributed by atoms with Gasteiger partial charge in [-0.3, -0.25) is 0 Å². The van der Waals surface area contributed by atoms with E-state index in [4.69, 9.17) is 9.26 Å². The lowest BCUT2D eigenvalue weighted by atomic mass is 10.1. The van der Waals surface area contributed by atoms with Crippen molar-refractivity contribution in [3.8, 4) is 0 Å². The van der Waals surface area contributed by atoms with Crippen LogP contribution in [0.1, 0.15) is 11.4 Å². The van der Waals surface area contributed by atoms with E-state index in [1.807, 2.05) is 18.2 Å². The highest BCUT2D eigenvalue weighted by Crippen LogP contribution is 2.07. The summed E-state index contributed by atoms with van der Waals surface area (Å²) in [6.07, 6.45) is 1.69. The van der Waals surface area contributed by atoms with E-state index in [9.17, 15) is 0 Å². The van der Waals surface area contributed by atoms with Crippen LogP contribution in [0.3, 0.4) is 0 Å². The van der Waals surface area contributed by atoms with Gasteiger partial charge in [0.25, 0.3) is 0 Å². The summed E-state index contributed by atoms with van der Waals surface area (Å²) in [4.78, 5) is 4.25. The zero-order valence-electron chi connectivity index (χ0n) is 10.4. The maximum absolute atomic E-state index is 5.07. The van der Waals surface area contributed by atoms with Gasteiger partial charge in [0.2, 0.25) is 0 Å². The number of nitrogens with zero attached hydrogens (tertiary/aromatic N) is 2. The lowest BCUT2D eigenvalue weighted by Gasteiger charge is -1.98. The number of hydrogen-bond donors (Lipinski definition) is 1. The van der Waals surface area contributed by atoms with Crippen LogP contribution in [-0.2, 0) is 17.6 Å². The number of benzene rings is 1. The minimum Gasteiger partial charge on any atom is -0.383 e. The fourth-order valence-corrected chi connectivity index (χ4v) is 1.59. The predicted molar refractivity (Wildman–Crippen MR) is 68.5 cm³/mol. The van der Waals surface area contributed by atoms with Gasteiger partial charge in [0.1, 0.15) is 0 Å². The number of ether oxygens (including phenoxy) is 1. The van der Waals surface area contributed by atoms with Crippen molar-refractivity contribution < 1.29 is 9.26 Å². The van der Waals surface area contributed by atoms with Gasteiger partial charge in [0.05, 0.1) is 6.61 Å². The normalized spacial score (nSPS) is 10.5. The van der Waals surface area contributed by atoms with Crippen LogP contribution in [0.15, 0.2) is 34.9 Å². The van der Waals surface area contributed by atoms with E-state index in [1.165, 1.54) is 5.56 Å². The molecule has 1 aromatic carbocycles. The van der Waals surface area contributed by atoms with Crippen LogP contribution in [0.2, 0.25) is 0 Å². The highest BCUT2D eigenvalue weighted by molar-refractivity contribution is 5.19. The number of rotatable bonds is 7. The molecule has 0 fully saturated rings. The zero-order valence-corrected chi connectivity index (χ0v) is 10.4. The van der Waals surface area contributed by atoms with Gasteiger partial charge >= 0.3 is 6.01 Å². The van der Waals surface area contributed by atoms with Crippen LogP contribution in [-0.4, -0.2) is 30.4 Å². The topological polar surface area (TPSA) is 60.2 Å². The molecule has 1 heterocycles. The van der Waals surface area contributed by atoms with Gasteiger partial charge in [-0.25, -0.2) is 0 Å². The van der Waals surface area contributed by atoms with Crippen molar-refractivity contribution in [3.05, 3.63) is 41.7 Å². The Morgan fingerprint density at radius 1 is 1.22 bits per heavy atom. The standard InChI is InChI=1S/C13H17N3O2/c1-17-10-9-14-13-15-12(16-18-13)8-7-11-5-3-2-4-6-11/h2-6H,7-10H2,1H3,(H,14,15,16). The maximum Gasteiger partial charge on any atom is 0.321 e. The maximum atomic E-state index is 5.07. The van der Waals surface area contributed by atoms with E-state index < -0.39 is 0 Å². The summed E-state index contributed by atoms with van der Waals surface area (Å²) in [5.74, 6) is 0.721.